The van der Waals surface area contributed by atoms with Gasteiger partial charge in [0.2, 0.25) is 0 Å². The average Bonchev–Trinajstić information content (AvgIpc) is 3.17. The molecule has 3 aromatic rings. The molecule has 32 heavy (non-hydrogen) atoms. The average molecular weight is 477 g/mol. The van der Waals surface area contributed by atoms with Crippen molar-refractivity contribution >= 4 is 38.9 Å². The second-order valence-corrected chi connectivity index (χ2v) is 9.15. The van der Waals surface area contributed by atoms with E-state index in [2.05, 4.69) is 10.0 Å². The van der Waals surface area contributed by atoms with Crippen LogP contribution in [0.15, 0.2) is 65.6 Å². The van der Waals surface area contributed by atoms with Crippen molar-refractivity contribution < 1.29 is 27.1 Å². The number of halogens is 2. The number of sulfonamides is 1. The number of hydrogen-bond donors (Lipinski definition) is 2. The van der Waals surface area contributed by atoms with Crippen LogP contribution in [0.3, 0.4) is 0 Å². The van der Waals surface area contributed by atoms with E-state index in [1.54, 1.807) is 24.3 Å². The van der Waals surface area contributed by atoms with Crippen LogP contribution in [-0.2, 0) is 21.2 Å². The normalized spacial score (nSPS) is 14.9. The summed E-state index contributed by atoms with van der Waals surface area (Å²) >= 11 is 5.99. The van der Waals surface area contributed by atoms with Gasteiger partial charge in [0, 0.05) is 17.1 Å². The van der Waals surface area contributed by atoms with E-state index in [4.69, 9.17) is 21.1 Å². The van der Waals surface area contributed by atoms with Crippen LogP contribution in [0.4, 0.5) is 15.8 Å². The minimum atomic E-state index is -4.01. The summed E-state index contributed by atoms with van der Waals surface area (Å²) in [6.07, 6.45) is -0.382. The monoisotopic (exact) mass is 476 g/mol. The first kappa shape index (κ1) is 21.9. The number of benzene rings is 3. The molecule has 2 N–H and O–H groups in total. The molecule has 3 aromatic carbocycles. The fraction of sp³-hybridized carbons (Fsp3) is 0.136. The largest absolute Gasteiger partial charge is 0.495 e. The lowest BCUT2D eigenvalue weighted by molar-refractivity contribution is -0.122. The summed E-state index contributed by atoms with van der Waals surface area (Å²) < 4.78 is 51.8. The predicted molar refractivity (Wildman–Crippen MR) is 118 cm³/mol. The molecular formula is C22H18ClFN2O5S. The molecule has 7 nitrogen and oxygen atoms in total. The van der Waals surface area contributed by atoms with E-state index in [1.165, 1.54) is 19.2 Å². The van der Waals surface area contributed by atoms with Crippen molar-refractivity contribution in [3.05, 3.63) is 77.1 Å². The first-order valence-electron chi connectivity index (χ1n) is 9.47. The Labute approximate surface area is 189 Å². The molecule has 10 heteroatoms. The molecule has 1 atom stereocenters. The number of methoxy groups -OCH3 is 1. The zero-order valence-electron chi connectivity index (χ0n) is 16.8. The Kier molecular flexibility index (Phi) is 5.94. The Morgan fingerprint density at radius 1 is 1.12 bits per heavy atom. The van der Waals surface area contributed by atoms with E-state index in [0.29, 0.717) is 22.9 Å². The number of hydrogen-bond acceptors (Lipinski definition) is 5. The van der Waals surface area contributed by atoms with Crippen LogP contribution in [0.5, 0.6) is 11.5 Å². The second kappa shape index (κ2) is 8.68. The summed E-state index contributed by atoms with van der Waals surface area (Å²) in [6.45, 7) is 0. The first-order valence-corrected chi connectivity index (χ1v) is 11.3. The lowest BCUT2D eigenvalue weighted by atomic mass is 10.1. The molecule has 0 saturated carbocycles. The van der Waals surface area contributed by atoms with Gasteiger partial charge in [-0.1, -0.05) is 11.6 Å². The standard InChI is InChI=1S/C22H18ClFN2O5S/c1-30-20-9-5-16(12-18(20)26-32(28,29)17-6-3-15(24)4-7-17)25-22(27)21-11-13-10-14(23)2-8-19(13)31-21/h2-10,12,21,26H,11H2,1H3,(H,25,27). The number of ether oxygens (including phenoxy) is 2. The van der Waals surface area contributed by atoms with Gasteiger partial charge in [-0.3, -0.25) is 9.52 Å². The van der Waals surface area contributed by atoms with Gasteiger partial charge in [-0.25, -0.2) is 12.8 Å². The van der Waals surface area contributed by atoms with Gasteiger partial charge in [0.15, 0.2) is 6.10 Å². The van der Waals surface area contributed by atoms with E-state index in [-0.39, 0.29) is 16.3 Å². The molecule has 166 valence electrons. The molecule has 1 heterocycles. The Balaban J connectivity index is 1.52. The van der Waals surface area contributed by atoms with Gasteiger partial charge in [0.1, 0.15) is 17.3 Å². The molecular weight excluding hydrogens is 459 g/mol. The number of carbonyl (C=O) groups excluding carboxylic acids is 1. The SMILES string of the molecule is COc1ccc(NC(=O)C2Cc3cc(Cl)ccc3O2)cc1NS(=O)(=O)c1ccc(F)cc1. The highest BCUT2D eigenvalue weighted by atomic mass is 35.5. The van der Waals surface area contributed by atoms with Crippen LogP contribution in [0.2, 0.25) is 5.02 Å². The van der Waals surface area contributed by atoms with Crippen LogP contribution in [-0.4, -0.2) is 27.5 Å². The molecule has 4 rings (SSSR count). The van der Waals surface area contributed by atoms with Crippen molar-refractivity contribution in [1.29, 1.82) is 0 Å². The molecule has 0 saturated heterocycles. The summed E-state index contributed by atoms with van der Waals surface area (Å²) in [5.74, 6) is -0.107. The van der Waals surface area contributed by atoms with Crippen LogP contribution in [0.1, 0.15) is 5.56 Å². The zero-order chi connectivity index (χ0) is 22.9. The van der Waals surface area contributed by atoms with E-state index >= 15 is 0 Å². The highest BCUT2D eigenvalue weighted by Crippen LogP contribution is 2.33. The molecule has 0 spiro atoms. The maximum Gasteiger partial charge on any atom is 0.265 e. The Bertz CT molecular complexity index is 1280. The number of rotatable bonds is 6. The highest BCUT2D eigenvalue weighted by Gasteiger charge is 2.29. The van der Waals surface area contributed by atoms with Crippen molar-refractivity contribution in [3.8, 4) is 11.5 Å². The predicted octanol–water partition coefficient (Wildman–Crippen LogP) is 4.23. The van der Waals surface area contributed by atoms with E-state index in [1.807, 2.05) is 0 Å². The maximum absolute atomic E-state index is 13.1. The number of nitrogens with one attached hydrogen (secondary N) is 2. The van der Waals surface area contributed by atoms with Crippen molar-refractivity contribution in [2.45, 2.75) is 17.4 Å². The molecule has 0 aromatic heterocycles. The topological polar surface area (TPSA) is 93.7 Å². The Morgan fingerprint density at radius 3 is 2.59 bits per heavy atom. The third-order valence-electron chi connectivity index (χ3n) is 4.82. The van der Waals surface area contributed by atoms with Crippen LogP contribution in [0.25, 0.3) is 0 Å². The molecule has 1 aliphatic rings. The molecule has 0 bridgehead atoms. The van der Waals surface area contributed by atoms with Gasteiger partial charge in [-0.2, -0.15) is 0 Å². The van der Waals surface area contributed by atoms with Crippen LogP contribution in [0, 0.1) is 5.82 Å². The number of amides is 1. The summed E-state index contributed by atoms with van der Waals surface area (Å²) in [4.78, 5) is 12.6. The van der Waals surface area contributed by atoms with Crippen LogP contribution >= 0.6 is 11.6 Å². The van der Waals surface area contributed by atoms with Gasteiger partial charge in [0.25, 0.3) is 15.9 Å². The quantitative estimate of drug-likeness (QED) is 0.555. The van der Waals surface area contributed by atoms with Crippen molar-refractivity contribution in [2.24, 2.45) is 0 Å². The van der Waals surface area contributed by atoms with E-state index in [0.717, 1.165) is 29.8 Å². The molecule has 0 fully saturated rings. The Hall–Kier alpha value is -3.30. The highest BCUT2D eigenvalue weighted by molar-refractivity contribution is 7.92. The zero-order valence-corrected chi connectivity index (χ0v) is 18.3. The fourth-order valence-electron chi connectivity index (χ4n) is 3.27. The van der Waals surface area contributed by atoms with Gasteiger partial charge in [-0.05, 0) is 66.2 Å². The van der Waals surface area contributed by atoms with Gasteiger partial charge in [0.05, 0.1) is 17.7 Å². The molecule has 1 aliphatic heterocycles. The molecule has 1 unspecified atom stereocenters. The molecule has 0 aliphatic carbocycles. The Morgan fingerprint density at radius 2 is 1.88 bits per heavy atom. The molecule has 0 radical (unpaired) electrons. The van der Waals surface area contributed by atoms with Gasteiger partial charge >= 0.3 is 0 Å². The summed E-state index contributed by atoms with van der Waals surface area (Å²) in [6, 6.07) is 14.1. The molecule has 1 amide bonds. The smallest absolute Gasteiger partial charge is 0.265 e. The minimum Gasteiger partial charge on any atom is -0.495 e. The van der Waals surface area contributed by atoms with Crippen LogP contribution < -0.4 is 19.5 Å². The maximum atomic E-state index is 13.1. The van der Waals surface area contributed by atoms with E-state index in [9.17, 15) is 17.6 Å². The number of carbonyl (C=O) groups is 1. The van der Waals surface area contributed by atoms with E-state index < -0.39 is 27.9 Å². The van der Waals surface area contributed by atoms with Crippen molar-refractivity contribution in [1.82, 2.24) is 0 Å². The fourth-order valence-corrected chi connectivity index (χ4v) is 4.53. The third-order valence-corrected chi connectivity index (χ3v) is 6.44. The summed E-state index contributed by atoms with van der Waals surface area (Å²) in [5, 5.41) is 3.28. The van der Waals surface area contributed by atoms with Gasteiger partial charge in [-0.15, -0.1) is 0 Å². The van der Waals surface area contributed by atoms with Gasteiger partial charge < -0.3 is 14.8 Å². The first-order chi connectivity index (χ1) is 15.2. The summed E-state index contributed by atoms with van der Waals surface area (Å²) in [5.41, 5.74) is 1.28. The second-order valence-electron chi connectivity index (χ2n) is 7.03. The minimum absolute atomic E-state index is 0.108. The third kappa shape index (κ3) is 4.63. The van der Waals surface area contributed by atoms with Crippen molar-refractivity contribution in [2.75, 3.05) is 17.1 Å². The number of fused-ring (bicyclic) bond motifs is 1. The summed E-state index contributed by atoms with van der Waals surface area (Å²) in [7, 11) is -2.62. The lowest BCUT2D eigenvalue weighted by Crippen LogP contribution is -2.31. The van der Waals surface area contributed by atoms with Crippen molar-refractivity contribution in [3.63, 3.8) is 0 Å². The number of anilines is 2. The lowest BCUT2D eigenvalue weighted by Gasteiger charge is -2.15.